The number of thiazole rings is 1. The van der Waals surface area contributed by atoms with E-state index in [-0.39, 0.29) is 0 Å². The number of aliphatic hydroxyl groups excluding tert-OH is 1. The average molecular weight is 227 g/mol. The van der Waals surface area contributed by atoms with Gasteiger partial charge in [-0.3, -0.25) is 0 Å². The van der Waals surface area contributed by atoms with Crippen molar-refractivity contribution in [2.45, 2.75) is 6.10 Å². The van der Waals surface area contributed by atoms with Crippen LogP contribution < -0.4 is 0 Å². The molecule has 0 saturated heterocycles. The highest BCUT2D eigenvalue weighted by Gasteiger charge is 2.16. The van der Waals surface area contributed by atoms with E-state index in [2.05, 4.69) is 9.97 Å². The molecule has 0 spiro atoms. The number of hydrogen-bond acceptors (Lipinski definition) is 4. The van der Waals surface area contributed by atoms with E-state index in [9.17, 15) is 5.11 Å². The van der Waals surface area contributed by atoms with Crippen LogP contribution in [0.2, 0.25) is 5.15 Å². The topological polar surface area (TPSA) is 46.0 Å². The number of aromatic nitrogens is 2. The van der Waals surface area contributed by atoms with E-state index in [4.69, 9.17) is 11.6 Å². The van der Waals surface area contributed by atoms with Gasteiger partial charge in [-0.15, -0.1) is 11.3 Å². The van der Waals surface area contributed by atoms with Crippen LogP contribution in [0.4, 0.5) is 0 Å². The molecule has 5 heteroatoms. The highest BCUT2D eigenvalue weighted by atomic mass is 35.5. The molecule has 2 rings (SSSR count). The highest BCUT2D eigenvalue weighted by Crippen LogP contribution is 2.27. The first-order chi connectivity index (χ1) is 6.79. The van der Waals surface area contributed by atoms with Gasteiger partial charge in [-0.25, -0.2) is 9.97 Å². The summed E-state index contributed by atoms with van der Waals surface area (Å²) in [6.07, 6.45) is 2.45. The second-order valence-corrected chi connectivity index (χ2v) is 3.94. The van der Waals surface area contributed by atoms with E-state index in [1.165, 1.54) is 11.3 Å². The molecule has 0 fully saturated rings. The number of rotatable bonds is 2. The van der Waals surface area contributed by atoms with E-state index in [1.54, 1.807) is 24.5 Å². The maximum absolute atomic E-state index is 9.89. The van der Waals surface area contributed by atoms with Crippen molar-refractivity contribution in [3.63, 3.8) is 0 Å². The Balaban J connectivity index is 2.37. The number of nitrogens with zero attached hydrogens (tertiary/aromatic N) is 2. The lowest BCUT2D eigenvalue weighted by atomic mass is 10.2. The molecule has 0 aliphatic carbocycles. The number of aliphatic hydroxyl groups is 1. The van der Waals surface area contributed by atoms with Gasteiger partial charge >= 0.3 is 0 Å². The molecule has 0 aliphatic heterocycles. The Hall–Kier alpha value is -0.970. The van der Waals surface area contributed by atoms with E-state index < -0.39 is 6.10 Å². The molecule has 1 atom stereocenters. The van der Waals surface area contributed by atoms with Crippen molar-refractivity contribution in [2.24, 2.45) is 0 Å². The van der Waals surface area contributed by atoms with Crippen LogP contribution in [0.15, 0.2) is 29.9 Å². The minimum absolute atomic E-state index is 0.315. The normalized spacial score (nSPS) is 12.7. The third-order valence-electron chi connectivity index (χ3n) is 1.77. The van der Waals surface area contributed by atoms with Crippen molar-refractivity contribution in [2.75, 3.05) is 0 Å². The fraction of sp³-hybridized carbons (Fsp3) is 0.111. The standard InChI is InChI=1S/C9H7ClN2OS/c10-8-6(2-1-3-11-8)7(13)9-12-4-5-14-9/h1-5,7,13H. The monoisotopic (exact) mass is 226 g/mol. The van der Waals surface area contributed by atoms with Crippen molar-refractivity contribution in [3.8, 4) is 0 Å². The fourth-order valence-corrected chi connectivity index (χ4v) is 1.97. The zero-order valence-electron chi connectivity index (χ0n) is 7.09. The predicted molar refractivity (Wildman–Crippen MR) is 55.4 cm³/mol. The maximum Gasteiger partial charge on any atom is 0.135 e. The van der Waals surface area contributed by atoms with Gasteiger partial charge in [0.1, 0.15) is 16.3 Å². The maximum atomic E-state index is 9.89. The van der Waals surface area contributed by atoms with Crippen LogP contribution in [-0.4, -0.2) is 15.1 Å². The fourth-order valence-electron chi connectivity index (χ4n) is 1.10. The highest BCUT2D eigenvalue weighted by molar-refractivity contribution is 7.09. The molecule has 14 heavy (non-hydrogen) atoms. The molecular formula is C9H7ClN2OS. The van der Waals surface area contributed by atoms with Gasteiger partial charge in [-0.05, 0) is 6.07 Å². The summed E-state index contributed by atoms with van der Waals surface area (Å²) < 4.78 is 0. The van der Waals surface area contributed by atoms with E-state index in [0.717, 1.165) is 0 Å². The van der Waals surface area contributed by atoms with Crippen LogP contribution in [0.3, 0.4) is 0 Å². The Labute approximate surface area is 90.0 Å². The summed E-state index contributed by atoms with van der Waals surface area (Å²) in [5.74, 6) is 0. The molecule has 0 amide bonds. The lowest BCUT2D eigenvalue weighted by molar-refractivity contribution is 0.219. The van der Waals surface area contributed by atoms with Crippen LogP contribution in [0.25, 0.3) is 0 Å². The SMILES string of the molecule is OC(c1nccs1)c1cccnc1Cl. The lowest BCUT2D eigenvalue weighted by Crippen LogP contribution is -2.00. The van der Waals surface area contributed by atoms with Crippen molar-refractivity contribution in [1.29, 1.82) is 0 Å². The second kappa shape index (κ2) is 4.04. The largest absolute Gasteiger partial charge is 0.381 e. The smallest absolute Gasteiger partial charge is 0.135 e. The average Bonchev–Trinajstić information content (AvgIpc) is 2.70. The van der Waals surface area contributed by atoms with Gasteiger partial charge in [0.15, 0.2) is 0 Å². The molecule has 3 nitrogen and oxygen atoms in total. The molecule has 2 aromatic rings. The van der Waals surface area contributed by atoms with Crippen LogP contribution >= 0.6 is 22.9 Å². The Morgan fingerprint density at radius 2 is 2.21 bits per heavy atom. The van der Waals surface area contributed by atoms with E-state index >= 15 is 0 Å². The summed E-state index contributed by atoms with van der Waals surface area (Å²) in [4.78, 5) is 7.91. The number of hydrogen-bond donors (Lipinski definition) is 1. The molecular weight excluding hydrogens is 220 g/mol. The molecule has 72 valence electrons. The Morgan fingerprint density at radius 1 is 1.36 bits per heavy atom. The molecule has 0 bridgehead atoms. The van der Waals surface area contributed by atoms with Crippen molar-refractivity contribution < 1.29 is 5.11 Å². The van der Waals surface area contributed by atoms with Crippen LogP contribution in [0.1, 0.15) is 16.7 Å². The third kappa shape index (κ3) is 1.77. The van der Waals surface area contributed by atoms with E-state index in [1.807, 2.05) is 5.38 Å². The Kier molecular flexibility index (Phi) is 2.77. The van der Waals surface area contributed by atoms with Crippen molar-refractivity contribution in [1.82, 2.24) is 9.97 Å². The van der Waals surface area contributed by atoms with Gasteiger partial charge in [-0.1, -0.05) is 17.7 Å². The zero-order chi connectivity index (χ0) is 9.97. The molecule has 0 aliphatic rings. The third-order valence-corrected chi connectivity index (χ3v) is 2.91. The van der Waals surface area contributed by atoms with Gasteiger partial charge in [0.25, 0.3) is 0 Å². The minimum Gasteiger partial charge on any atom is -0.381 e. The number of halogens is 1. The summed E-state index contributed by atoms with van der Waals surface area (Å²) in [6, 6.07) is 3.47. The Morgan fingerprint density at radius 3 is 2.86 bits per heavy atom. The van der Waals surface area contributed by atoms with Crippen LogP contribution in [0, 0.1) is 0 Å². The van der Waals surface area contributed by atoms with E-state index in [0.29, 0.717) is 15.7 Å². The van der Waals surface area contributed by atoms with Gasteiger partial charge in [0.05, 0.1) is 0 Å². The summed E-state index contributed by atoms with van der Waals surface area (Å²) in [5, 5.41) is 12.6. The molecule has 1 unspecified atom stereocenters. The number of pyridine rings is 1. The first-order valence-corrected chi connectivity index (χ1v) is 5.22. The predicted octanol–water partition coefficient (Wildman–Crippen LogP) is 2.27. The molecule has 0 saturated carbocycles. The van der Waals surface area contributed by atoms with Gasteiger partial charge in [0.2, 0.25) is 0 Å². The van der Waals surface area contributed by atoms with Gasteiger partial charge < -0.3 is 5.11 Å². The van der Waals surface area contributed by atoms with Gasteiger partial charge in [-0.2, -0.15) is 0 Å². The van der Waals surface area contributed by atoms with Crippen LogP contribution in [0.5, 0.6) is 0 Å². The van der Waals surface area contributed by atoms with Crippen molar-refractivity contribution in [3.05, 3.63) is 45.6 Å². The quantitative estimate of drug-likeness (QED) is 0.800. The van der Waals surface area contributed by atoms with Gasteiger partial charge in [0, 0.05) is 23.3 Å². The molecule has 2 aromatic heterocycles. The zero-order valence-corrected chi connectivity index (χ0v) is 8.66. The molecule has 2 heterocycles. The van der Waals surface area contributed by atoms with Crippen LogP contribution in [-0.2, 0) is 0 Å². The molecule has 1 N–H and O–H groups in total. The second-order valence-electron chi connectivity index (χ2n) is 2.66. The first kappa shape index (κ1) is 9.58. The lowest BCUT2D eigenvalue weighted by Gasteiger charge is -2.08. The summed E-state index contributed by atoms with van der Waals surface area (Å²) in [5.41, 5.74) is 0.587. The first-order valence-electron chi connectivity index (χ1n) is 3.97. The molecule has 0 aromatic carbocycles. The minimum atomic E-state index is -0.781. The summed E-state index contributed by atoms with van der Waals surface area (Å²) in [7, 11) is 0. The van der Waals surface area contributed by atoms with Crippen molar-refractivity contribution >= 4 is 22.9 Å². The summed E-state index contributed by atoms with van der Waals surface area (Å²) in [6.45, 7) is 0. The molecule has 0 radical (unpaired) electrons. The Bertz CT molecular complexity index is 419. The summed E-state index contributed by atoms with van der Waals surface area (Å²) >= 11 is 7.23.